The summed E-state index contributed by atoms with van der Waals surface area (Å²) in [5, 5.41) is 37.9. The summed E-state index contributed by atoms with van der Waals surface area (Å²) in [6, 6.07) is 22.6. The first-order valence-electron chi connectivity index (χ1n) is 24.3. The summed E-state index contributed by atoms with van der Waals surface area (Å²) in [6.07, 6.45) is -12.5. The molecule has 3 aromatic carbocycles. The number of amides is 1. The Labute approximate surface area is 441 Å². The number of carbonyl (C=O) groups is 8. The Bertz CT molecular complexity index is 2690. The SMILES string of the molecule is CC(=O)O[C@H]1C(=O)[C@@]2(C)C([C@H](OC(=O)c3ccccc3)[C@]3(O)C[C@H](OC(=O)[C@H](O)[C@@H](NC(=O)c4ccccc4)c4ccccc4)C(C)=C1C3(C)C)[C@]1(OC(C)=O)CO[C@@H]1C[C@@H]2OC(=O)OCCSSC[C@H](C)C(=O)O. The number of benzene rings is 3. The number of Topliss-reactive ketones (excluding diaryl/α,β-unsaturated/α-hetero) is 1. The summed E-state index contributed by atoms with van der Waals surface area (Å²) >= 11 is 0. The van der Waals surface area contributed by atoms with Gasteiger partial charge in [0, 0.05) is 49.2 Å². The molecule has 2 bridgehead atoms. The number of aliphatic carboxylic acids is 1. The van der Waals surface area contributed by atoms with Gasteiger partial charge in [-0.3, -0.25) is 24.0 Å². The van der Waals surface area contributed by atoms with Crippen LogP contribution in [0.25, 0.3) is 0 Å². The molecular weight excluding hydrogens is 1010 g/mol. The van der Waals surface area contributed by atoms with Crippen molar-refractivity contribution in [3.63, 3.8) is 0 Å². The molecule has 1 aliphatic heterocycles. The number of fused-ring (bicyclic) bond motifs is 5. The topological polar surface area (TPSA) is 274 Å². The van der Waals surface area contributed by atoms with Crippen LogP contribution in [-0.2, 0) is 57.1 Å². The zero-order chi connectivity index (χ0) is 54.6. The van der Waals surface area contributed by atoms with Gasteiger partial charge in [0.25, 0.3) is 5.91 Å². The van der Waals surface area contributed by atoms with Gasteiger partial charge in [-0.15, -0.1) is 0 Å². The number of hydrogen-bond acceptors (Lipinski definition) is 19. The molecule has 1 amide bonds. The summed E-state index contributed by atoms with van der Waals surface area (Å²) in [7, 11) is 2.52. The van der Waals surface area contributed by atoms with Crippen LogP contribution in [0.2, 0.25) is 0 Å². The van der Waals surface area contributed by atoms with Crippen molar-refractivity contribution in [3.8, 4) is 0 Å². The van der Waals surface area contributed by atoms with E-state index in [4.69, 9.17) is 33.2 Å². The van der Waals surface area contributed by atoms with Gasteiger partial charge in [0.15, 0.2) is 23.6 Å². The van der Waals surface area contributed by atoms with E-state index in [1.165, 1.54) is 61.4 Å². The number of rotatable bonds is 18. The number of carboxylic acids is 1. The van der Waals surface area contributed by atoms with Crippen molar-refractivity contribution in [1.82, 2.24) is 5.32 Å². The minimum Gasteiger partial charge on any atom is -0.481 e. The number of aliphatic hydroxyl groups excluding tert-OH is 1. The normalized spacial score (nSPS) is 28.6. The molecule has 4 aliphatic rings. The third-order valence-corrected chi connectivity index (χ3v) is 17.4. The number of ketones is 1. The molecule has 1 heterocycles. The first kappa shape index (κ1) is 56.5. The molecular formula is C54H61NO18S2. The average molecular weight is 1080 g/mol. The van der Waals surface area contributed by atoms with Gasteiger partial charge >= 0.3 is 36.0 Å². The first-order valence-corrected chi connectivity index (χ1v) is 26.8. The number of carbonyl (C=O) groups excluding carboxylic acids is 7. The van der Waals surface area contributed by atoms with Crippen LogP contribution < -0.4 is 5.32 Å². The molecule has 1 saturated heterocycles. The van der Waals surface area contributed by atoms with E-state index in [1.807, 2.05) is 0 Å². The van der Waals surface area contributed by atoms with Crippen LogP contribution in [0.4, 0.5) is 4.79 Å². The van der Waals surface area contributed by atoms with Gasteiger partial charge in [-0.2, -0.15) is 0 Å². The number of hydrogen-bond donors (Lipinski definition) is 4. The maximum Gasteiger partial charge on any atom is 0.508 e. The highest BCUT2D eigenvalue weighted by atomic mass is 33.1. The van der Waals surface area contributed by atoms with Crippen molar-refractivity contribution < 1.29 is 86.8 Å². The van der Waals surface area contributed by atoms with Crippen molar-refractivity contribution in [2.45, 2.75) is 115 Å². The number of ether oxygens (including phenoxy) is 7. The minimum atomic E-state index is -2.52. The predicted molar refractivity (Wildman–Crippen MR) is 270 cm³/mol. The lowest BCUT2D eigenvalue weighted by Crippen LogP contribution is -2.82. The van der Waals surface area contributed by atoms with Crippen molar-refractivity contribution in [3.05, 3.63) is 119 Å². The monoisotopic (exact) mass is 1080 g/mol. The van der Waals surface area contributed by atoms with Crippen LogP contribution in [0.3, 0.4) is 0 Å². The molecule has 21 heteroatoms. The summed E-state index contributed by atoms with van der Waals surface area (Å²) in [5.41, 5.74) is -7.84. The fourth-order valence-electron chi connectivity index (χ4n) is 10.9. The van der Waals surface area contributed by atoms with E-state index in [0.717, 1.165) is 13.8 Å². The molecule has 0 spiro atoms. The maximum atomic E-state index is 16.2. The first-order chi connectivity index (χ1) is 35.5. The van der Waals surface area contributed by atoms with Gasteiger partial charge in [-0.1, -0.05) is 109 Å². The van der Waals surface area contributed by atoms with Crippen LogP contribution in [0, 0.1) is 22.7 Å². The van der Waals surface area contributed by atoms with E-state index >= 15 is 4.79 Å². The molecule has 402 valence electrons. The molecule has 7 rings (SSSR count). The standard InChI is InChI=1S/C54H61NO18S2/c1-29(47(61)62)27-75-74-24-23-67-50(65)71-37-25-38-53(28-68-38,73-32(4)57)43-45(72-48(63)35-21-15-10-16-22-35)54(66)26-36(30(2)39(51(54,5)6)42(69-31(3)56)44(59)52(37,43)7)70-49(64)41(58)40(33-17-11-8-12-18-33)55-46(60)34-19-13-9-14-20-34/h8-22,29,36-38,40-43,45,58,66H,23-28H2,1-7H3,(H,55,60)(H,61,62)/t29-,36-,37-,38+,40-,41+,42+,43?,45-,52+,53-,54+/m0/s1. The highest BCUT2D eigenvalue weighted by molar-refractivity contribution is 8.76. The lowest BCUT2D eigenvalue weighted by Gasteiger charge is -2.67. The van der Waals surface area contributed by atoms with Crippen LogP contribution in [0.15, 0.2) is 102 Å². The van der Waals surface area contributed by atoms with Crippen LogP contribution in [0.5, 0.6) is 0 Å². The average Bonchev–Trinajstić information content (AvgIpc) is 3.43. The number of aliphatic hydroxyl groups is 2. The van der Waals surface area contributed by atoms with Crippen molar-refractivity contribution in [1.29, 1.82) is 0 Å². The minimum absolute atomic E-state index is 0.00808. The van der Waals surface area contributed by atoms with E-state index in [-0.39, 0.29) is 46.8 Å². The summed E-state index contributed by atoms with van der Waals surface area (Å²) in [6.45, 7) is 9.04. The summed E-state index contributed by atoms with van der Waals surface area (Å²) < 4.78 is 42.4. The largest absolute Gasteiger partial charge is 0.508 e. The number of esters is 4. The van der Waals surface area contributed by atoms with Gasteiger partial charge in [-0.05, 0) is 54.8 Å². The molecule has 3 aliphatic carbocycles. The molecule has 75 heavy (non-hydrogen) atoms. The molecule has 0 aromatic heterocycles. The van der Waals surface area contributed by atoms with Gasteiger partial charge in [-0.25, -0.2) is 14.4 Å². The van der Waals surface area contributed by atoms with Crippen LogP contribution in [-0.4, -0.2) is 136 Å². The predicted octanol–water partition coefficient (Wildman–Crippen LogP) is 6.00. The number of nitrogens with one attached hydrogen (secondary N) is 1. The van der Waals surface area contributed by atoms with Crippen molar-refractivity contribution in [2.75, 3.05) is 24.7 Å². The van der Waals surface area contributed by atoms with Gasteiger partial charge in [0.1, 0.15) is 36.6 Å². The Hall–Kier alpha value is -6.26. The van der Waals surface area contributed by atoms with Crippen molar-refractivity contribution in [2.24, 2.45) is 22.7 Å². The van der Waals surface area contributed by atoms with Gasteiger partial charge in [0.2, 0.25) is 0 Å². The molecule has 2 saturated carbocycles. The van der Waals surface area contributed by atoms with Crippen LogP contribution in [0.1, 0.15) is 93.6 Å². The molecule has 19 nitrogen and oxygen atoms in total. The number of carboxylic acid groups (broad SMARTS) is 1. The van der Waals surface area contributed by atoms with E-state index in [2.05, 4.69) is 5.32 Å². The molecule has 0 radical (unpaired) electrons. The molecule has 12 atom stereocenters. The summed E-state index contributed by atoms with van der Waals surface area (Å²) in [4.78, 5) is 111. The summed E-state index contributed by atoms with van der Waals surface area (Å²) in [5.74, 6) is -8.45. The molecule has 1 unspecified atom stereocenters. The Morgan fingerprint density at radius 2 is 1.44 bits per heavy atom. The second-order valence-corrected chi connectivity index (χ2v) is 22.5. The zero-order valence-corrected chi connectivity index (χ0v) is 44.0. The molecule has 3 aromatic rings. The van der Waals surface area contributed by atoms with E-state index < -0.39 is 137 Å². The van der Waals surface area contributed by atoms with Crippen molar-refractivity contribution >= 4 is 69.3 Å². The maximum absolute atomic E-state index is 16.2. The Morgan fingerprint density at radius 3 is 2.01 bits per heavy atom. The third kappa shape index (κ3) is 11.2. The molecule has 3 fully saturated rings. The quantitative estimate of drug-likeness (QED) is 0.0374. The Balaban J connectivity index is 1.35. The Kier molecular flexibility index (Phi) is 17.3. The van der Waals surface area contributed by atoms with E-state index in [9.17, 15) is 48.9 Å². The van der Waals surface area contributed by atoms with Gasteiger partial charge in [0.05, 0.1) is 35.5 Å². The fourth-order valence-corrected chi connectivity index (χ4v) is 13.1. The van der Waals surface area contributed by atoms with Crippen LogP contribution >= 0.6 is 21.6 Å². The van der Waals surface area contributed by atoms with E-state index in [0.29, 0.717) is 5.56 Å². The Morgan fingerprint density at radius 1 is 0.827 bits per heavy atom. The fraction of sp³-hybridized carbons (Fsp3) is 0.481. The lowest BCUT2D eigenvalue weighted by atomic mass is 9.44. The third-order valence-electron chi connectivity index (χ3n) is 14.9. The highest BCUT2D eigenvalue weighted by Crippen LogP contribution is 2.65. The highest BCUT2D eigenvalue weighted by Gasteiger charge is 2.79. The zero-order valence-electron chi connectivity index (χ0n) is 42.4. The van der Waals surface area contributed by atoms with E-state index in [1.54, 1.807) is 85.8 Å². The second kappa shape index (κ2) is 22.9. The lowest BCUT2D eigenvalue weighted by molar-refractivity contribution is -0.346. The smallest absolute Gasteiger partial charge is 0.481 e. The molecule has 4 N–H and O–H groups in total. The van der Waals surface area contributed by atoms with Gasteiger partial charge < -0.3 is 53.8 Å². The second-order valence-electron chi connectivity index (χ2n) is 19.9.